The maximum atomic E-state index is 13.7. The molecular formula is C33H19FIrN6O-2. The van der Waals surface area contributed by atoms with E-state index in [1.54, 1.807) is 12.3 Å². The van der Waals surface area contributed by atoms with Crippen molar-refractivity contribution in [3.63, 3.8) is 0 Å². The van der Waals surface area contributed by atoms with E-state index in [0.29, 0.717) is 33.8 Å². The van der Waals surface area contributed by atoms with Crippen LogP contribution in [0.5, 0.6) is 0 Å². The number of hydrogen-bond donors (Lipinski definition) is 0. The summed E-state index contributed by atoms with van der Waals surface area (Å²) >= 11 is 0. The van der Waals surface area contributed by atoms with Crippen molar-refractivity contribution in [2.45, 2.75) is 0 Å². The fourth-order valence-corrected chi connectivity index (χ4v) is 4.69. The van der Waals surface area contributed by atoms with Gasteiger partial charge in [0.25, 0.3) is 0 Å². The second kappa shape index (κ2) is 11.8. The van der Waals surface area contributed by atoms with Crippen LogP contribution in [-0.2, 0) is 20.1 Å². The number of fused-ring (bicyclic) bond motifs is 4. The van der Waals surface area contributed by atoms with Gasteiger partial charge in [-0.05, 0) is 36.0 Å². The molecule has 0 saturated heterocycles. The standard InChI is InChI=1S/C22H11FN5O.C11H8N.Ir/c23-13-9-10-15-16-7-4-8-17(19(16)29-18(15)11-13)21-26-20-22(24-12-25-27-20)28(21)14-5-2-1-3-6-14;1-2-6-10(7-3-1)11-8-4-5-9-12-11;/h1-7,9-12H;1-6,8-9H;/q2*-1;. The van der Waals surface area contributed by atoms with Gasteiger partial charge in [0.05, 0.1) is 11.4 Å². The Bertz CT molecular complexity index is 2080. The first-order valence-corrected chi connectivity index (χ1v) is 12.8. The van der Waals surface area contributed by atoms with Gasteiger partial charge in [-0.1, -0.05) is 41.3 Å². The normalized spacial score (nSPS) is 10.8. The second-order valence-corrected chi connectivity index (χ2v) is 9.04. The molecule has 9 heteroatoms. The molecule has 0 fully saturated rings. The summed E-state index contributed by atoms with van der Waals surface area (Å²) in [6.45, 7) is 0. The van der Waals surface area contributed by atoms with Crippen molar-refractivity contribution in [1.82, 2.24) is 29.7 Å². The SMILES string of the molecule is Fc1ccc2c(c1)oc1c(-c3nc4nncnc4n3-c3ccccc3)[c-]ccc12.[Ir].[c-]1ccccc1-c1ccccn1. The first-order chi connectivity index (χ1) is 20.3. The van der Waals surface area contributed by atoms with Crippen LogP contribution in [-0.4, -0.2) is 29.7 Å². The summed E-state index contributed by atoms with van der Waals surface area (Å²) in [5.41, 5.74) is 5.57. The molecule has 205 valence electrons. The Morgan fingerprint density at radius 2 is 1.64 bits per heavy atom. The predicted octanol–water partition coefficient (Wildman–Crippen LogP) is 7.26. The van der Waals surface area contributed by atoms with Crippen LogP contribution in [0.4, 0.5) is 4.39 Å². The summed E-state index contributed by atoms with van der Waals surface area (Å²) in [5, 5.41) is 9.65. The molecule has 0 spiro atoms. The van der Waals surface area contributed by atoms with Crippen LogP contribution in [0.1, 0.15) is 0 Å². The van der Waals surface area contributed by atoms with Gasteiger partial charge in [0.2, 0.25) is 5.65 Å². The molecule has 0 aliphatic carbocycles. The Morgan fingerprint density at radius 1 is 0.786 bits per heavy atom. The van der Waals surface area contributed by atoms with Crippen molar-refractivity contribution in [2.75, 3.05) is 0 Å². The number of benzene rings is 4. The molecule has 0 N–H and O–H groups in total. The summed E-state index contributed by atoms with van der Waals surface area (Å²) in [6.07, 6.45) is 3.18. The van der Waals surface area contributed by atoms with Gasteiger partial charge in [-0.25, -0.2) is 9.37 Å². The van der Waals surface area contributed by atoms with Gasteiger partial charge in [-0.2, -0.15) is 0 Å². The summed E-state index contributed by atoms with van der Waals surface area (Å²) in [6, 6.07) is 38.0. The van der Waals surface area contributed by atoms with E-state index in [9.17, 15) is 4.39 Å². The quantitative estimate of drug-likeness (QED) is 0.178. The number of furan rings is 1. The zero-order chi connectivity index (χ0) is 27.6. The molecule has 0 bridgehead atoms. The molecule has 8 aromatic rings. The Labute approximate surface area is 253 Å². The van der Waals surface area contributed by atoms with Crippen LogP contribution >= 0.6 is 0 Å². The van der Waals surface area contributed by atoms with Crippen LogP contribution in [0.15, 0.2) is 120 Å². The van der Waals surface area contributed by atoms with Crippen LogP contribution in [0.3, 0.4) is 0 Å². The van der Waals surface area contributed by atoms with Crippen LogP contribution < -0.4 is 0 Å². The molecule has 0 saturated carbocycles. The van der Waals surface area contributed by atoms with Crippen molar-refractivity contribution in [2.24, 2.45) is 0 Å². The van der Waals surface area contributed by atoms with Crippen molar-refractivity contribution >= 4 is 33.2 Å². The van der Waals surface area contributed by atoms with Gasteiger partial charge in [0.1, 0.15) is 17.7 Å². The number of para-hydroxylation sites is 1. The van der Waals surface area contributed by atoms with E-state index in [0.717, 1.165) is 27.7 Å². The Kier molecular flexibility index (Phi) is 7.60. The molecule has 4 aromatic heterocycles. The summed E-state index contributed by atoms with van der Waals surface area (Å²) in [5.74, 6) is 0.224. The zero-order valence-electron chi connectivity index (χ0n) is 21.8. The van der Waals surface area contributed by atoms with E-state index in [2.05, 4.69) is 37.3 Å². The number of imidazole rings is 1. The third-order valence-corrected chi connectivity index (χ3v) is 6.50. The molecule has 42 heavy (non-hydrogen) atoms. The number of pyridine rings is 1. The van der Waals surface area contributed by atoms with Gasteiger partial charge in [0, 0.05) is 43.4 Å². The maximum absolute atomic E-state index is 13.7. The first-order valence-electron chi connectivity index (χ1n) is 12.8. The molecule has 0 aliphatic rings. The minimum atomic E-state index is -0.349. The average Bonchev–Trinajstić information content (AvgIpc) is 3.61. The van der Waals surface area contributed by atoms with Gasteiger partial charge in [-0.15, -0.1) is 64.3 Å². The third kappa shape index (κ3) is 5.07. The molecule has 0 unspecified atom stereocenters. The maximum Gasteiger partial charge on any atom is 0.210 e. The van der Waals surface area contributed by atoms with Crippen LogP contribution in [0, 0.1) is 17.9 Å². The summed E-state index contributed by atoms with van der Waals surface area (Å²) in [4.78, 5) is 13.2. The molecule has 4 aromatic carbocycles. The minimum absolute atomic E-state index is 0. The fraction of sp³-hybridized carbons (Fsp3) is 0. The largest absolute Gasteiger partial charge is 0.500 e. The van der Waals surface area contributed by atoms with Gasteiger partial charge in [-0.3, -0.25) is 4.98 Å². The van der Waals surface area contributed by atoms with E-state index >= 15 is 0 Å². The summed E-state index contributed by atoms with van der Waals surface area (Å²) < 4.78 is 21.6. The molecular weight excluding hydrogens is 708 g/mol. The Morgan fingerprint density at radius 3 is 2.45 bits per heavy atom. The summed E-state index contributed by atoms with van der Waals surface area (Å²) in [7, 11) is 0. The Balaban J connectivity index is 0.000000205. The molecule has 0 amide bonds. The van der Waals surface area contributed by atoms with Gasteiger partial charge in [0.15, 0.2) is 5.65 Å². The van der Waals surface area contributed by atoms with E-state index in [1.165, 1.54) is 18.5 Å². The average molecular weight is 727 g/mol. The van der Waals surface area contributed by atoms with Crippen LogP contribution in [0.25, 0.3) is 61.6 Å². The zero-order valence-corrected chi connectivity index (χ0v) is 24.2. The van der Waals surface area contributed by atoms with E-state index in [1.807, 2.05) is 89.5 Å². The third-order valence-electron chi connectivity index (χ3n) is 6.50. The topological polar surface area (TPSA) is 82.5 Å². The molecule has 0 atom stereocenters. The number of halogens is 1. The number of nitrogens with zero attached hydrogens (tertiary/aromatic N) is 6. The van der Waals surface area contributed by atoms with Crippen molar-refractivity contribution < 1.29 is 28.9 Å². The smallest absolute Gasteiger partial charge is 0.210 e. The molecule has 7 nitrogen and oxygen atoms in total. The fourth-order valence-electron chi connectivity index (χ4n) is 4.69. The molecule has 0 aliphatic heterocycles. The van der Waals surface area contributed by atoms with Gasteiger partial charge < -0.3 is 14.0 Å². The molecule has 8 rings (SSSR count). The molecule has 4 heterocycles. The van der Waals surface area contributed by atoms with Crippen molar-refractivity contribution in [3.8, 4) is 28.3 Å². The van der Waals surface area contributed by atoms with Crippen molar-refractivity contribution in [3.05, 3.63) is 134 Å². The van der Waals surface area contributed by atoms with Gasteiger partial charge >= 0.3 is 0 Å². The Hall–Kier alpha value is -5.11. The van der Waals surface area contributed by atoms with E-state index in [4.69, 9.17) is 4.42 Å². The predicted molar refractivity (Wildman–Crippen MR) is 154 cm³/mol. The van der Waals surface area contributed by atoms with Crippen molar-refractivity contribution in [1.29, 1.82) is 0 Å². The molecule has 1 radical (unpaired) electrons. The van der Waals surface area contributed by atoms with E-state index in [-0.39, 0.29) is 25.9 Å². The number of hydrogen-bond acceptors (Lipinski definition) is 6. The van der Waals surface area contributed by atoms with E-state index < -0.39 is 0 Å². The van der Waals surface area contributed by atoms with Crippen LogP contribution in [0.2, 0.25) is 0 Å². The number of rotatable bonds is 3. The number of aromatic nitrogens is 6. The monoisotopic (exact) mass is 727 g/mol. The first kappa shape index (κ1) is 27.1. The second-order valence-electron chi connectivity index (χ2n) is 9.04. The minimum Gasteiger partial charge on any atom is -0.500 e.